The molecule has 1 fully saturated rings. The van der Waals surface area contributed by atoms with Gasteiger partial charge < -0.3 is 9.84 Å². The summed E-state index contributed by atoms with van der Waals surface area (Å²) < 4.78 is 5.43. The summed E-state index contributed by atoms with van der Waals surface area (Å²) in [7, 11) is 0. The third-order valence-electron chi connectivity index (χ3n) is 3.53. The van der Waals surface area contributed by atoms with Crippen molar-refractivity contribution in [1.82, 2.24) is 4.90 Å². The quantitative estimate of drug-likeness (QED) is 0.838. The van der Waals surface area contributed by atoms with Crippen molar-refractivity contribution in [3.63, 3.8) is 0 Å². The zero-order chi connectivity index (χ0) is 15.1. The lowest BCUT2D eigenvalue weighted by Gasteiger charge is -2.42. The molecule has 1 saturated heterocycles. The zero-order valence-corrected chi connectivity index (χ0v) is 12.7. The Morgan fingerprint density at radius 3 is 2.16 bits per heavy atom. The number of likely N-dealkylation sites (tertiary alicyclic amines) is 1. The van der Waals surface area contributed by atoms with Gasteiger partial charge in [-0.15, -0.1) is 0 Å². The van der Waals surface area contributed by atoms with Crippen LogP contribution in [0, 0.1) is 0 Å². The number of carbonyl (C=O) groups is 2. The maximum atomic E-state index is 12.4. The van der Waals surface area contributed by atoms with Gasteiger partial charge in [0.15, 0.2) is 0 Å². The number of carboxylic acids is 1. The number of rotatable bonds is 2. The van der Waals surface area contributed by atoms with E-state index in [1.165, 1.54) is 0 Å². The monoisotopic (exact) mass is 271 g/mol. The van der Waals surface area contributed by atoms with Gasteiger partial charge >= 0.3 is 12.1 Å². The van der Waals surface area contributed by atoms with Gasteiger partial charge in [0.05, 0.1) is 12.0 Å². The SMILES string of the molecule is CC(C)(C)OC(=O)N1C(C)(C)CCC1(C)CC(=O)O. The molecule has 1 heterocycles. The van der Waals surface area contributed by atoms with Crippen molar-refractivity contribution in [2.45, 2.75) is 77.5 Å². The van der Waals surface area contributed by atoms with E-state index in [-0.39, 0.29) is 12.0 Å². The van der Waals surface area contributed by atoms with Crippen LogP contribution < -0.4 is 0 Å². The largest absolute Gasteiger partial charge is 0.481 e. The molecule has 0 spiro atoms. The highest BCUT2D eigenvalue weighted by molar-refractivity contribution is 5.74. The second-order valence-electron chi connectivity index (χ2n) is 7.20. The number of carboxylic acid groups (broad SMARTS) is 1. The van der Waals surface area contributed by atoms with Crippen LogP contribution in [0.15, 0.2) is 0 Å². The zero-order valence-electron chi connectivity index (χ0n) is 12.7. The van der Waals surface area contributed by atoms with Crippen LogP contribution in [0.3, 0.4) is 0 Å². The molecule has 1 N–H and O–H groups in total. The minimum Gasteiger partial charge on any atom is -0.481 e. The summed E-state index contributed by atoms with van der Waals surface area (Å²) in [5.41, 5.74) is -1.65. The lowest BCUT2D eigenvalue weighted by atomic mass is 9.95. The Bertz CT molecular complexity index is 383. The van der Waals surface area contributed by atoms with Gasteiger partial charge in [-0.05, 0) is 54.4 Å². The van der Waals surface area contributed by atoms with E-state index in [0.717, 1.165) is 6.42 Å². The summed E-state index contributed by atoms with van der Waals surface area (Å²) in [6, 6.07) is 0. The molecule has 110 valence electrons. The molecule has 1 atom stereocenters. The second-order valence-corrected chi connectivity index (χ2v) is 7.20. The van der Waals surface area contributed by atoms with Crippen molar-refractivity contribution in [1.29, 1.82) is 0 Å². The number of ether oxygens (including phenoxy) is 1. The van der Waals surface area contributed by atoms with E-state index in [9.17, 15) is 9.59 Å². The van der Waals surface area contributed by atoms with Crippen LogP contribution in [0.1, 0.15) is 60.8 Å². The van der Waals surface area contributed by atoms with Crippen LogP contribution in [0.5, 0.6) is 0 Å². The first-order valence-corrected chi connectivity index (χ1v) is 6.63. The van der Waals surface area contributed by atoms with Crippen molar-refractivity contribution in [2.75, 3.05) is 0 Å². The van der Waals surface area contributed by atoms with Crippen molar-refractivity contribution in [2.24, 2.45) is 0 Å². The van der Waals surface area contributed by atoms with E-state index in [4.69, 9.17) is 9.84 Å². The predicted octanol–water partition coefficient (Wildman–Crippen LogP) is 3.03. The number of amides is 1. The van der Waals surface area contributed by atoms with E-state index in [1.54, 1.807) is 4.90 Å². The first kappa shape index (κ1) is 15.8. The predicted molar refractivity (Wildman–Crippen MR) is 72.0 cm³/mol. The lowest BCUT2D eigenvalue weighted by molar-refractivity contribution is -0.139. The fourth-order valence-corrected chi connectivity index (χ4v) is 2.80. The molecule has 1 aliphatic rings. The maximum Gasteiger partial charge on any atom is 0.411 e. The molecule has 1 rings (SSSR count). The lowest BCUT2D eigenvalue weighted by Crippen LogP contribution is -2.55. The van der Waals surface area contributed by atoms with Crippen molar-refractivity contribution in [3.05, 3.63) is 0 Å². The van der Waals surface area contributed by atoms with Gasteiger partial charge in [-0.1, -0.05) is 0 Å². The van der Waals surface area contributed by atoms with E-state index in [0.29, 0.717) is 6.42 Å². The smallest absolute Gasteiger partial charge is 0.411 e. The molecule has 0 aromatic carbocycles. The molecule has 0 aromatic heterocycles. The molecule has 0 aromatic rings. The highest BCUT2D eigenvalue weighted by Gasteiger charge is 2.52. The van der Waals surface area contributed by atoms with Crippen molar-refractivity contribution in [3.8, 4) is 0 Å². The van der Waals surface area contributed by atoms with Gasteiger partial charge in [-0.3, -0.25) is 9.69 Å². The summed E-state index contributed by atoms with van der Waals surface area (Å²) in [6.45, 7) is 11.1. The summed E-state index contributed by atoms with van der Waals surface area (Å²) in [6.07, 6.45) is 0.954. The maximum absolute atomic E-state index is 12.4. The Kier molecular flexibility index (Phi) is 3.90. The first-order valence-electron chi connectivity index (χ1n) is 6.63. The minimum atomic E-state index is -0.895. The highest BCUT2D eigenvalue weighted by atomic mass is 16.6. The van der Waals surface area contributed by atoms with Gasteiger partial charge in [0.25, 0.3) is 0 Å². The Hall–Kier alpha value is -1.26. The Morgan fingerprint density at radius 2 is 1.74 bits per heavy atom. The van der Waals surface area contributed by atoms with Gasteiger partial charge in [0.1, 0.15) is 5.60 Å². The molecule has 5 nitrogen and oxygen atoms in total. The van der Waals surface area contributed by atoms with Gasteiger partial charge in [-0.25, -0.2) is 4.79 Å². The molecular formula is C14H25NO4. The van der Waals surface area contributed by atoms with Gasteiger partial charge in [-0.2, -0.15) is 0 Å². The van der Waals surface area contributed by atoms with E-state index in [2.05, 4.69) is 0 Å². The molecule has 1 unspecified atom stereocenters. The van der Waals surface area contributed by atoms with E-state index in [1.807, 2.05) is 41.5 Å². The fraction of sp³-hybridized carbons (Fsp3) is 0.857. The normalized spacial score (nSPS) is 26.3. The average molecular weight is 271 g/mol. The summed E-state index contributed by atoms with van der Waals surface area (Å²) in [5.74, 6) is -0.895. The number of hydrogen-bond acceptors (Lipinski definition) is 3. The topological polar surface area (TPSA) is 66.8 Å². The number of nitrogens with zero attached hydrogens (tertiary/aromatic N) is 1. The number of aliphatic carboxylic acids is 1. The summed E-state index contributed by atoms with van der Waals surface area (Å²) in [4.78, 5) is 25.0. The molecular weight excluding hydrogens is 246 g/mol. The molecule has 0 bridgehead atoms. The molecule has 0 aliphatic carbocycles. The Labute approximate surface area is 114 Å². The average Bonchev–Trinajstić information content (AvgIpc) is 2.32. The fourth-order valence-electron chi connectivity index (χ4n) is 2.80. The number of carbonyl (C=O) groups excluding carboxylic acids is 1. The van der Waals surface area contributed by atoms with Crippen LogP contribution >= 0.6 is 0 Å². The molecule has 1 aliphatic heterocycles. The van der Waals surface area contributed by atoms with Crippen LogP contribution in [0.4, 0.5) is 4.79 Å². The summed E-state index contributed by atoms with van der Waals surface area (Å²) in [5, 5.41) is 9.06. The third-order valence-corrected chi connectivity index (χ3v) is 3.53. The molecule has 5 heteroatoms. The minimum absolute atomic E-state index is 0.0598. The Balaban J connectivity index is 3.02. The first-order chi connectivity index (χ1) is 8.37. The van der Waals surface area contributed by atoms with Gasteiger partial charge in [0.2, 0.25) is 0 Å². The van der Waals surface area contributed by atoms with Crippen molar-refractivity contribution < 1.29 is 19.4 Å². The molecule has 19 heavy (non-hydrogen) atoms. The van der Waals surface area contributed by atoms with Crippen LogP contribution in [-0.2, 0) is 9.53 Å². The standard InChI is InChI=1S/C14H25NO4/c1-12(2,3)19-11(18)15-13(4,5)7-8-14(15,6)9-10(16)17/h7-9H2,1-6H3,(H,16,17). The van der Waals surface area contributed by atoms with Crippen LogP contribution in [0.25, 0.3) is 0 Å². The van der Waals surface area contributed by atoms with E-state index < -0.39 is 23.2 Å². The summed E-state index contributed by atoms with van der Waals surface area (Å²) >= 11 is 0. The molecule has 1 amide bonds. The number of hydrogen-bond donors (Lipinski definition) is 1. The van der Waals surface area contributed by atoms with Gasteiger partial charge in [0, 0.05) is 5.54 Å². The van der Waals surface area contributed by atoms with Crippen LogP contribution in [0.2, 0.25) is 0 Å². The van der Waals surface area contributed by atoms with Crippen LogP contribution in [-0.4, -0.2) is 38.7 Å². The third kappa shape index (κ3) is 3.61. The Morgan fingerprint density at radius 1 is 1.21 bits per heavy atom. The van der Waals surface area contributed by atoms with Crippen molar-refractivity contribution >= 4 is 12.1 Å². The highest BCUT2D eigenvalue weighted by Crippen LogP contribution is 2.43. The van der Waals surface area contributed by atoms with E-state index >= 15 is 0 Å². The molecule has 0 radical (unpaired) electrons. The second kappa shape index (κ2) is 4.69. The molecule has 0 saturated carbocycles.